The highest BCUT2D eigenvalue weighted by Crippen LogP contribution is 2.15. The molecule has 0 unspecified atom stereocenters. The lowest BCUT2D eigenvalue weighted by molar-refractivity contribution is 0.281. The number of aliphatic hydroxyl groups is 1. The number of nitrogens with one attached hydrogen (secondary N) is 1. The van der Waals surface area contributed by atoms with Crippen LogP contribution in [0.25, 0.3) is 16.7 Å². The van der Waals surface area contributed by atoms with Gasteiger partial charge in [-0.15, -0.1) is 12.4 Å². The fourth-order valence-electron chi connectivity index (χ4n) is 2.43. The number of benzene rings is 1. The Labute approximate surface area is 137 Å². The van der Waals surface area contributed by atoms with Crippen molar-refractivity contribution in [3.63, 3.8) is 0 Å². The van der Waals surface area contributed by atoms with Crippen LogP contribution in [0.3, 0.4) is 0 Å². The van der Waals surface area contributed by atoms with E-state index in [1.165, 1.54) is 4.57 Å². The third kappa shape index (κ3) is 3.35. The van der Waals surface area contributed by atoms with Gasteiger partial charge in [-0.3, -0.25) is 9.59 Å². The van der Waals surface area contributed by atoms with E-state index in [0.29, 0.717) is 30.4 Å². The summed E-state index contributed by atoms with van der Waals surface area (Å²) in [5, 5.41) is 8.88. The number of unbranched alkanes of at least 4 members (excludes halogenated alkanes) is 1. The highest BCUT2D eigenvalue weighted by Gasteiger charge is 2.08. The average Bonchev–Trinajstić information content (AvgIpc) is 3.05. The number of imidazole rings is 1. The predicted octanol–water partition coefficient (Wildman–Crippen LogP) is 1.07. The quantitative estimate of drug-likeness (QED) is 0.538. The Bertz CT molecular complexity index is 899. The molecular formula is C15H17ClN4O3. The summed E-state index contributed by atoms with van der Waals surface area (Å²) in [6.45, 7) is 0.462. The summed E-state index contributed by atoms with van der Waals surface area (Å²) in [5.74, 6) is 0. The molecule has 0 amide bonds. The number of aromatic amines is 1. The van der Waals surface area contributed by atoms with Crippen LogP contribution in [0.15, 0.2) is 46.5 Å². The van der Waals surface area contributed by atoms with Crippen LogP contribution in [0.1, 0.15) is 12.8 Å². The third-order valence-electron chi connectivity index (χ3n) is 3.55. The summed E-state index contributed by atoms with van der Waals surface area (Å²) in [5.41, 5.74) is 0.915. The lowest BCUT2D eigenvalue weighted by atomic mass is 10.2. The van der Waals surface area contributed by atoms with Gasteiger partial charge >= 0.3 is 11.1 Å². The predicted molar refractivity (Wildman–Crippen MR) is 89.5 cm³/mol. The number of nitrogens with zero attached hydrogens (tertiary/aromatic N) is 3. The molecule has 2 aromatic heterocycles. The van der Waals surface area contributed by atoms with E-state index < -0.39 is 11.1 Å². The molecule has 1 aromatic carbocycles. The number of aryl methyl sites for hydroxylation is 1. The van der Waals surface area contributed by atoms with Crippen molar-refractivity contribution in [2.45, 2.75) is 19.4 Å². The number of halogens is 1. The van der Waals surface area contributed by atoms with Gasteiger partial charge < -0.3 is 19.2 Å². The van der Waals surface area contributed by atoms with Crippen molar-refractivity contribution >= 4 is 23.4 Å². The van der Waals surface area contributed by atoms with Crippen LogP contribution in [0.5, 0.6) is 0 Å². The minimum atomic E-state index is -0.633. The van der Waals surface area contributed by atoms with Crippen LogP contribution < -0.4 is 11.1 Å². The van der Waals surface area contributed by atoms with Gasteiger partial charge in [0.1, 0.15) is 0 Å². The Hall–Kier alpha value is -2.38. The van der Waals surface area contributed by atoms with Crippen molar-refractivity contribution in [3.8, 4) is 5.69 Å². The van der Waals surface area contributed by atoms with Crippen LogP contribution in [0.4, 0.5) is 0 Å². The molecule has 0 radical (unpaired) electrons. The molecule has 2 N–H and O–H groups in total. The second kappa shape index (κ2) is 7.26. The largest absolute Gasteiger partial charge is 0.396 e. The fourth-order valence-corrected chi connectivity index (χ4v) is 2.43. The van der Waals surface area contributed by atoms with Gasteiger partial charge in [-0.05, 0) is 31.0 Å². The zero-order chi connectivity index (χ0) is 15.5. The minimum absolute atomic E-state index is 0. The van der Waals surface area contributed by atoms with E-state index in [1.54, 1.807) is 24.8 Å². The molecule has 122 valence electrons. The molecule has 0 bridgehead atoms. The summed E-state index contributed by atoms with van der Waals surface area (Å²) in [7, 11) is 0. The first-order valence-electron chi connectivity index (χ1n) is 7.07. The summed E-state index contributed by atoms with van der Waals surface area (Å²) >= 11 is 0. The molecule has 0 atom stereocenters. The van der Waals surface area contributed by atoms with Gasteiger partial charge in [0.05, 0.1) is 17.4 Å². The van der Waals surface area contributed by atoms with Crippen molar-refractivity contribution in [2.24, 2.45) is 0 Å². The van der Waals surface area contributed by atoms with E-state index in [4.69, 9.17) is 5.11 Å². The van der Waals surface area contributed by atoms with E-state index >= 15 is 0 Å². The number of aliphatic hydroxyl groups excluding tert-OH is 1. The molecule has 0 saturated carbocycles. The minimum Gasteiger partial charge on any atom is -0.396 e. The maximum Gasteiger partial charge on any atom is 0.316 e. The number of rotatable bonds is 5. The van der Waals surface area contributed by atoms with Gasteiger partial charge in [0.2, 0.25) is 0 Å². The molecule has 2 heterocycles. The maximum absolute atomic E-state index is 12.1. The highest BCUT2D eigenvalue weighted by atomic mass is 35.5. The summed E-state index contributed by atoms with van der Waals surface area (Å²) in [4.78, 5) is 30.5. The second-order valence-electron chi connectivity index (χ2n) is 5.01. The van der Waals surface area contributed by atoms with E-state index in [9.17, 15) is 9.59 Å². The highest BCUT2D eigenvalue weighted by molar-refractivity contribution is 5.85. The smallest absolute Gasteiger partial charge is 0.316 e. The lowest BCUT2D eigenvalue weighted by Crippen LogP contribution is -2.36. The Kier molecular flexibility index (Phi) is 5.36. The Morgan fingerprint density at radius 3 is 2.74 bits per heavy atom. The summed E-state index contributed by atoms with van der Waals surface area (Å²) in [6, 6.07) is 5.46. The number of hydrogen-bond acceptors (Lipinski definition) is 4. The van der Waals surface area contributed by atoms with Gasteiger partial charge in [-0.2, -0.15) is 0 Å². The molecule has 0 saturated heterocycles. The molecule has 0 aliphatic carbocycles. The zero-order valence-electron chi connectivity index (χ0n) is 12.3. The van der Waals surface area contributed by atoms with Gasteiger partial charge in [0, 0.05) is 31.2 Å². The lowest BCUT2D eigenvalue weighted by Gasteiger charge is -2.11. The van der Waals surface area contributed by atoms with E-state index in [2.05, 4.69) is 9.97 Å². The fraction of sp³-hybridized carbons (Fsp3) is 0.267. The first-order valence-corrected chi connectivity index (χ1v) is 7.07. The Morgan fingerprint density at radius 1 is 1.22 bits per heavy atom. The first kappa shape index (κ1) is 17.0. The van der Waals surface area contributed by atoms with Crippen LogP contribution in [0.2, 0.25) is 0 Å². The van der Waals surface area contributed by atoms with Crippen molar-refractivity contribution in [1.29, 1.82) is 0 Å². The number of fused-ring (bicyclic) bond motifs is 1. The molecule has 3 aromatic rings. The third-order valence-corrected chi connectivity index (χ3v) is 3.55. The monoisotopic (exact) mass is 336 g/mol. The molecule has 7 nitrogen and oxygen atoms in total. The van der Waals surface area contributed by atoms with Crippen molar-refractivity contribution in [2.75, 3.05) is 6.61 Å². The standard InChI is InChI=1S/C15H16N4O3.ClH/c20-8-2-1-6-19-13-9-11(18-7-5-16-10-18)3-4-12(13)17-14(21)15(19)22;/h3-5,7,9-10,20H,1-2,6,8H2,(H,17,21);1H. The van der Waals surface area contributed by atoms with Gasteiger partial charge in [-0.1, -0.05) is 0 Å². The zero-order valence-corrected chi connectivity index (χ0v) is 13.1. The molecule has 0 spiro atoms. The van der Waals surface area contributed by atoms with Crippen molar-refractivity contribution < 1.29 is 5.11 Å². The summed E-state index contributed by atoms with van der Waals surface area (Å²) in [6.07, 6.45) is 6.36. The van der Waals surface area contributed by atoms with E-state index in [-0.39, 0.29) is 19.0 Å². The molecular weight excluding hydrogens is 320 g/mol. The molecule has 0 aliphatic heterocycles. The van der Waals surface area contributed by atoms with Crippen molar-refractivity contribution in [1.82, 2.24) is 19.1 Å². The number of hydrogen-bond donors (Lipinski definition) is 2. The molecule has 8 heteroatoms. The molecule has 23 heavy (non-hydrogen) atoms. The second-order valence-corrected chi connectivity index (χ2v) is 5.01. The summed E-state index contributed by atoms with van der Waals surface area (Å²) < 4.78 is 3.29. The Morgan fingerprint density at radius 2 is 2.04 bits per heavy atom. The Balaban J connectivity index is 0.00000192. The van der Waals surface area contributed by atoms with Crippen molar-refractivity contribution in [3.05, 3.63) is 57.6 Å². The van der Waals surface area contributed by atoms with Crippen LogP contribution in [0, 0.1) is 0 Å². The van der Waals surface area contributed by atoms with Gasteiger partial charge in [-0.25, -0.2) is 4.98 Å². The molecule has 0 aliphatic rings. The van der Waals surface area contributed by atoms with Crippen LogP contribution >= 0.6 is 12.4 Å². The number of H-pyrrole nitrogens is 1. The van der Waals surface area contributed by atoms with E-state index in [0.717, 1.165) is 5.69 Å². The number of aromatic nitrogens is 4. The topological polar surface area (TPSA) is 92.9 Å². The van der Waals surface area contributed by atoms with Gasteiger partial charge in [0.15, 0.2) is 0 Å². The normalized spacial score (nSPS) is 10.7. The van der Waals surface area contributed by atoms with E-state index in [1.807, 2.05) is 16.7 Å². The van der Waals surface area contributed by atoms with Crippen LogP contribution in [-0.2, 0) is 6.54 Å². The van der Waals surface area contributed by atoms with Gasteiger partial charge in [0.25, 0.3) is 0 Å². The maximum atomic E-state index is 12.1. The first-order chi connectivity index (χ1) is 10.7. The molecule has 0 fully saturated rings. The average molecular weight is 337 g/mol. The SMILES string of the molecule is Cl.O=c1[nH]c2ccc(-n3ccnc3)cc2n(CCCCO)c1=O. The van der Waals surface area contributed by atoms with Crippen LogP contribution in [-0.4, -0.2) is 30.8 Å². The molecule has 3 rings (SSSR count).